The third-order valence-corrected chi connectivity index (χ3v) is 5.39. The zero-order chi connectivity index (χ0) is 10.7. The largest absolute Gasteiger partial charge is 0.378 e. The molecule has 2 rings (SSSR count). The number of rotatable bonds is 4. The van der Waals surface area contributed by atoms with Crippen molar-refractivity contribution in [2.24, 2.45) is 0 Å². The molecule has 4 heteroatoms. The van der Waals surface area contributed by atoms with Crippen molar-refractivity contribution in [1.82, 2.24) is 0 Å². The maximum atomic E-state index is 6.08. The molecule has 0 amide bonds. The molecule has 1 aromatic heterocycles. The number of ether oxygens (including phenoxy) is 1. The van der Waals surface area contributed by atoms with E-state index >= 15 is 0 Å². The monoisotopic (exact) mass is 308 g/mol. The van der Waals surface area contributed by atoms with E-state index < -0.39 is 0 Å². The molecule has 0 aliphatic carbocycles. The Bertz CT molecular complexity index is 309. The van der Waals surface area contributed by atoms with Gasteiger partial charge in [0, 0.05) is 11.5 Å². The number of hydrogen-bond donors (Lipinski definition) is 0. The van der Waals surface area contributed by atoms with Crippen molar-refractivity contribution in [3.8, 4) is 0 Å². The first-order valence-corrected chi connectivity index (χ1v) is 7.43. The standard InChI is InChI=1S/C11H14BrClOS/c12-9(11-10(13)5-7-15-11)4-3-8-2-1-6-14-8/h5,7-9H,1-4,6H2. The summed E-state index contributed by atoms with van der Waals surface area (Å²) >= 11 is 11.5. The maximum absolute atomic E-state index is 6.08. The predicted octanol–water partition coefficient (Wildman–Crippen LogP) is 4.80. The topological polar surface area (TPSA) is 9.23 Å². The summed E-state index contributed by atoms with van der Waals surface area (Å²) < 4.78 is 5.60. The molecule has 84 valence electrons. The van der Waals surface area contributed by atoms with Crippen LogP contribution in [-0.2, 0) is 4.74 Å². The maximum Gasteiger partial charge on any atom is 0.0576 e. The molecule has 0 N–H and O–H groups in total. The Morgan fingerprint density at radius 1 is 1.67 bits per heavy atom. The quantitative estimate of drug-likeness (QED) is 0.726. The summed E-state index contributed by atoms with van der Waals surface area (Å²) in [7, 11) is 0. The number of thiophene rings is 1. The van der Waals surface area contributed by atoms with Gasteiger partial charge in [0.2, 0.25) is 0 Å². The van der Waals surface area contributed by atoms with Gasteiger partial charge in [-0.05, 0) is 37.1 Å². The van der Waals surface area contributed by atoms with Crippen molar-refractivity contribution in [2.45, 2.75) is 36.6 Å². The second-order valence-corrected chi connectivity index (χ2v) is 6.27. The average Bonchev–Trinajstić information content (AvgIpc) is 2.84. The van der Waals surface area contributed by atoms with E-state index in [2.05, 4.69) is 15.9 Å². The molecule has 0 spiro atoms. The highest BCUT2D eigenvalue weighted by molar-refractivity contribution is 9.09. The predicted molar refractivity (Wildman–Crippen MR) is 69.2 cm³/mol. The van der Waals surface area contributed by atoms with Crippen LogP contribution < -0.4 is 0 Å². The van der Waals surface area contributed by atoms with E-state index in [0.29, 0.717) is 10.9 Å². The summed E-state index contributed by atoms with van der Waals surface area (Å²) in [5.41, 5.74) is 0. The van der Waals surface area contributed by atoms with Gasteiger partial charge in [0.25, 0.3) is 0 Å². The van der Waals surface area contributed by atoms with Crippen LogP contribution >= 0.6 is 38.9 Å². The summed E-state index contributed by atoms with van der Waals surface area (Å²) in [5.74, 6) is 0. The van der Waals surface area contributed by atoms with Crippen LogP contribution in [0.3, 0.4) is 0 Å². The van der Waals surface area contributed by atoms with Crippen molar-refractivity contribution in [3.63, 3.8) is 0 Å². The third kappa shape index (κ3) is 3.19. The summed E-state index contributed by atoms with van der Waals surface area (Å²) in [6.45, 7) is 0.942. The summed E-state index contributed by atoms with van der Waals surface area (Å²) in [5, 5.41) is 2.92. The lowest BCUT2D eigenvalue weighted by Crippen LogP contribution is -2.05. The molecule has 0 bridgehead atoms. The molecule has 2 heterocycles. The Balaban J connectivity index is 1.81. The highest BCUT2D eigenvalue weighted by Gasteiger charge is 2.19. The third-order valence-electron chi connectivity index (χ3n) is 2.70. The van der Waals surface area contributed by atoms with Crippen molar-refractivity contribution >= 4 is 38.9 Å². The van der Waals surface area contributed by atoms with Crippen molar-refractivity contribution in [3.05, 3.63) is 21.3 Å². The highest BCUT2D eigenvalue weighted by Crippen LogP contribution is 2.37. The van der Waals surface area contributed by atoms with Gasteiger partial charge in [0.15, 0.2) is 0 Å². The zero-order valence-corrected chi connectivity index (χ0v) is 11.6. The van der Waals surface area contributed by atoms with Crippen LogP contribution in [0.25, 0.3) is 0 Å². The normalized spacial score (nSPS) is 23.2. The van der Waals surface area contributed by atoms with E-state index in [1.54, 1.807) is 11.3 Å². The molecule has 0 aromatic carbocycles. The lowest BCUT2D eigenvalue weighted by Gasteiger charge is -2.12. The van der Waals surface area contributed by atoms with Crippen LogP contribution in [0.1, 0.15) is 35.4 Å². The van der Waals surface area contributed by atoms with Crippen molar-refractivity contribution in [2.75, 3.05) is 6.61 Å². The molecular formula is C11H14BrClOS. The van der Waals surface area contributed by atoms with Gasteiger partial charge in [-0.15, -0.1) is 11.3 Å². The minimum atomic E-state index is 0.384. The van der Waals surface area contributed by atoms with Gasteiger partial charge in [0.1, 0.15) is 0 Å². The van der Waals surface area contributed by atoms with Gasteiger partial charge < -0.3 is 4.74 Å². The summed E-state index contributed by atoms with van der Waals surface area (Å²) in [6.07, 6.45) is 5.15. The Kier molecular flexibility index (Phi) is 4.50. The van der Waals surface area contributed by atoms with Gasteiger partial charge >= 0.3 is 0 Å². The SMILES string of the molecule is Clc1ccsc1C(Br)CCC1CCCO1. The van der Waals surface area contributed by atoms with Crippen molar-refractivity contribution in [1.29, 1.82) is 0 Å². The molecule has 1 saturated heterocycles. The van der Waals surface area contributed by atoms with Gasteiger partial charge in [-0.2, -0.15) is 0 Å². The molecule has 2 atom stereocenters. The van der Waals surface area contributed by atoms with Gasteiger partial charge in [0.05, 0.1) is 16.0 Å². The molecule has 2 unspecified atom stereocenters. The molecular weight excluding hydrogens is 296 g/mol. The van der Waals surface area contributed by atoms with Gasteiger partial charge in [-0.3, -0.25) is 0 Å². The molecule has 1 fully saturated rings. The Morgan fingerprint density at radius 2 is 2.53 bits per heavy atom. The van der Waals surface area contributed by atoms with Crippen LogP contribution in [0.5, 0.6) is 0 Å². The molecule has 1 aliphatic rings. The van der Waals surface area contributed by atoms with Crippen molar-refractivity contribution < 1.29 is 4.74 Å². The lowest BCUT2D eigenvalue weighted by atomic mass is 10.1. The average molecular weight is 310 g/mol. The van der Waals surface area contributed by atoms with E-state index in [0.717, 1.165) is 24.5 Å². The van der Waals surface area contributed by atoms with Crippen LogP contribution in [-0.4, -0.2) is 12.7 Å². The smallest absolute Gasteiger partial charge is 0.0576 e. The molecule has 1 aliphatic heterocycles. The second kappa shape index (κ2) is 5.67. The number of halogens is 2. The van der Waals surface area contributed by atoms with Crippen LogP contribution in [0.4, 0.5) is 0 Å². The van der Waals surface area contributed by atoms with Crippen LogP contribution in [0, 0.1) is 0 Å². The van der Waals surface area contributed by atoms with E-state index in [-0.39, 0.29) is 0 Å². The first-order valence-electron chi connectivity index (χ1n) is 5.26. The fourth-order valence-electron chi connectivity index (χ4n) is 1.86. The summed E-state index contributed by atoms with van der Waals surface area (Å²) in [4.78, 5) is 1.63. The van der Waals surface area contributed by atoms with Gasteiger partial charge in [-0.1, -0.05) is 27.5 Å². The van der Waals surface area contributed by atoms with E-state index in [9.17, 15) is 0 Å². The fourth-order valence-corrected chi connectivity index (χ4v) is 4.03. The zero-order valence-electron chi connectivity index (χ0n) is 8.42. The van der Waals surface area contributed by atoms with Crippen LogP contribution in [0.2, 0.25) is 5.02 Å². The molecule has 0 saturated carbocycles. The minimum Gasteiger partial charge on any atom is -0.378 e. The van der Waals surface area contributed by atoms with Gasteiger partial charge in [-0.25, -0.2) is 0 Å². The van der Waals surface area contributed by atoms with E-state index in [1.807, 2.05) is 11.4 Å². The Hall–Kier alpha value is 0.430. The molecule has 1 aromatic rings. The number of alkyl halides is 1. The Morgan fingerprint density at radius 3 is 3.13 bits per heavy atom. The first kappa shape index (κ1) is 11.9. The Labute approximate surface area is 108 Å². The molecule has 0 radical (unpaired) electrons. The first-order chi connectivity index (χ1) is 7.27. The van der Waals surface area contributed by atoms with Crippen LogP contribution in [0.15, 0.2) is 11.4 Å². The minimum absolute atomic E-state index is 0.384. The second-order valence-electron chi connectivity index (χ2n) is 3.81. The lowest BCUT2D eigenvalue weighted by molar-refractivity contribution is 0.102. The molecule has 1 nitrogen and oxygen atoms in total. The highest BCUT2D eigenvalue weighted by atomic mass is 79.9. The number of hydrogen-bond acceptors (Lipinski definition) is 2. The van der Waals surface area contributed by atoms with E-state index in [1.165, 1.54) is 17.7 Å². The van der Waals surface area contributed by atoms with E-state index in [4.69, 9.17) is 16.3 Å². The molecule has 15 heavy (non-hydrogen) atoms. The summed E-state index contributed by atoms with van der Waals surface area (Å²) in [6, 6.07) is 1.96. The fraction of sp³-hybridized carbons (Fsp3) is 0.636.